The lowest BCUT2D eigenvalue weighted by atomic mass is 9.98. The average Bonchev–Trinajstić information content (AvgIpc) is 3.20. The van der Waals surface area contributed by atoms with Gasteiger partial charge in [-0.2, -0.15) is 0 Å². The Hall–Kier alpha value is -2.41. The molecule has 2 amide bonds. The second-order valence-corrected chi connectivity index (χ2v) is 7.44. The summed E-state index contributed by atoms with van der Waals surface area (Å²) in [5.41, 5.74) is 6.96. The Morgan fingerprint density at radius 3 is 2.61 bits per heavy atom. The summed E-state index contributed by atoms with van der Waals surface area (Å²) in [5.74, 6) is -0.870. The molecule has 154 valence electrons. The maximum Gasteiger partial charge on any atom is 0.325 e. The minimum absolute atomic E-state index is 0.0505. The molecule has 1 aromatic rings. The number of hydrogen-bond acceptors (Lipinski definition) is 5. The molecule has 7 heteroatoms. The number of esters is 1. The molecule has 1 heterocycles. The van der Waals surface area contributed by atoms with Crippen LogP contribution in [0.3, 0.4) is 0 Å². The van der Waals surface area contributed by atoms with Crippen LogP contribution >= 0.6 is 0 Å². The van der Waals surface area contributed by atoms with Crippen molar-refractivity contribution in [1.82, 2.24) is 9.80 Å². The van der Waals surface area contributed by atoms with Crippen molar-refractivity contribution in [3.05, 3.63) is 35.9 Å². The number of rotatable bonds is 8. The lowest BCUT2D eigenvalue weighted by molar-refractivity contribution is -0.152. The number of nitrogens with zero attached hydrogens (tertiary/aromatic N) is 2. The van der Waals surface area contributed by atoms with E-state index in [0.29, 0.717) is 13.0 Å². The van der Waals surface area contributed by atoms with Gasteiger partial charge in [0.05, 0.1) is 6.04 Å². The molecule has 7 nitrogen and oxygen atoms in total. The third kappa shape index (κ3) is 5.55. The summed E-state index contributed by atoms with van der Waals surface area (Å²) < 4.78 is 5.24. The maximum absolute atomic E-state index is 12.8. The standard InChI is InChI=1S/C21H31N3O4/c1-4-15(2)19(22)21(27)24-12-8-11-17(24)20(26)23(3)13-18(25)28-14-16-9-6-5-7-10-16/h5-7,9-10,15,17,19H,4,8,11-14,22H2,1-3H3/t15-,17-,19+/m0/s1. The molecule has 1 saturated heterocycles. The largest absolute Gasteiger partial charge is 0.459 e. The van der Waals surface area contributed by atoms with Gasteiger partial charge >= 0.3 is 5.97 Å². The van der Waals surface area contributed by atoms with Crippen LogP contribution in [-0.2, 0) is 25.7 Å². The van der Waals surface area contributed by atoms with Gasteiger partial charge < -0.3 is 20.3 Å². The third-order valence-corrected chi connectivity index (χ3v) is 5.35. The van der Waals surface area contributed by atoms with E-state index in [1.807, 2.05) is 44.2 Å². The lowest BCUT2D eigenvalue weighted by Crippen LogP contribution is -2.53. The highest BCUT2D eigenvalue weighted by atomic mass is 16.5. The maximum atomic E-state index is 12.8. The van der Waals surface area contributed by atoms with Crippen LogP contribution in [0, 0.1) is 5.92 Å². The average molecular weight is 389 g/mol. The molecule has 0 spiro atoms. The van der Waals surface area contributed by atoms with Crippen molar-refractivity contribution in [3.8, 4) is 0 Å². The second kappa shape index (κ2) is 10.2. The van der Waals surface area contributed by atoms with Gasteiger partial charge in [-0.3, -0.25) is 14.4 Å². The van der Waals surface area contributed by atoms with E-state index in [2.05, 4.69) is 0 Å². The predicted octanol–water partition coefficient (Wildman–Crippen LogP) is 1.55. The van der Waals surface area contributed by atoms with Crippen molar-refractivity contribution in [2.45, 2.75) is 51.8 Å². The Morgan fingerprint density at radius 1 is 1.29 bits per heavy atom. The summed E-state index contributed by atoms with van der Waals surface area (Å²) in [6.45, 7) is 4.45. The first-order valence-electron chi connectivity index (χ1n) is 9.85. The Labute approximate surface area is 166 Å². The van der Waals surface area contributed by atoms with Crippen molar-refractivity contribution < 1.29 is 19.1 Å². The lowest BCUT2D eigenvalue weighted by Gasteiger charge is -2.30. The molecule has 3 atom stereocenters. The molecule has 2 N–H and O–H groups in total. The van der Waals surface area contributed by atoms with Gasteiger partial charge in [0.2, 0.25) is 11.8 Å². The zero-order valence-corrected chi connectivity index (χ0v) is 17.0. The van der Waals surface area contributed by atoms with Gasteiger partial charge in [-0.1, -0.05) is 50.6 Å². The number of nitrogens with two attached hydrogens (primary N) is 1. The smallest absolute Gasteiger partial charge is 0.325 e. The number of ether oxygens (including phenoxy) is 1. The van der Waals surface area contributed by atoms with Gasteiger partial charge in [-0.15, -0.1) is 0 Å². The molecule has 1 aliphatic heterocycles. The van der Waals surface area contributed by atoms with Crippen LogP contribution in [-0.4, -0.2) is 59.8 Å². The van der Waals surface area contributed by atoms with Crippen molar-refractivity contribution in [3.63, 3.8) is 0 Å². The van der Waals surface area contributed by atoms with E-state index in [-0.39, 0.29) is 30.9 Å². The van der Waals surface area contributed by atoms with Crippen LogP contribution in [0.5, 0.6) is 0 Å². The minimum atomic E-state index is -0.612. The minimum Gasteiger partial charge on any atom is -0.459 e. The first kappa shape index (κ1) is 21.9. The molecule has 28 heavy (non-hydrogen) atoms. The molecular formula is C21H31N3O4. The van der Waals surface area contributed by atoms with E-state index in [1.54, 1.807) is 11.9 Å². The quantitative estimate of drug-likeness (QED) is 0.681. The summed E-state index contributed by atoms with van der Waals surface area (Å²) in [4.78, 5) is 40.5. The zero-order valence-electron chi connectivity index (χ0n) is 17.0. The highest BCUT2D eigenvalue weighted by Crippen LogP contribution is 2.22. The van der Waals surface area contributed by atoms with Crippen LogP contribution in [0.1, 0.15) is 38.7 Å². The van der Waals surface area contributed by atoms with Gasteiger partial charge in [0.1, 0.15) is 19.2 Å². The summed E-state index contributed by atoms with van der Waals surface area (Å²) in [6.07, 6.45) is 2.13. The van der Waals surface area contributed by atoms with Gasteiger partial charge in [0.25, 0.3) is 0 Å². The molecule has 0 aliphatic carbocycles. The van der Waals surface area contributed by atoms with Crippen molar-refractivity contribution >= 4 is 17.8 Å². The van der Waals surface area contributed by atoms with E-state index in [4.69, 9.17) is 10.5 Å². The number of amides is 2. The normalized spacial score (nSPS) is 18.4. The molecule has 1 fully saturated rings. The number of carbonyl (C=O) groups is 3. The number of hydrogen-bond donors (Lipinski definition) is 1. The third-order valence-electron chi connectivity index (χ3n) is 5.35. The van der Waals surface area contributed by atoms with Crippen molar-refractivity contribution in [2.24, 2.45) is 11.7 Å². The second-order valence-electron chi connectivity index (χ2n) is 7.44. The summed E-state index contributed by atoms with van der Waals surface area (Å²) >= 11 is 0. The predicted molar refractivity (Wildman–Crippen MR) is 106 cm³/mol. The SMILES string of the molecule is CC[C@H](C)[C@@H](N)C(=O)N1CCC[C@H]1C(=O)N(C)CC(=O)OCc1ccccc1. The number of carbonyl (C=O) groups excluding carboxylic acids is 3. The zero-order chi connectivity index (χ0) is 20.7. The summed E-state index contributed by atoms with van der Waals surface area (Å²) in [7, 11) is 1.56. The number of likely N-dealkylation sites (tertiary alicyclic amines) is 1. The van der Waals surface area contributed by atoms with Crippen molar-refractivity contribution in [1.29, 1.82) is 0 Å². The number of likely N-dealkylation sites (N-methyl/N-ethyl adjacent to an activating group) is 1. The Bertz CT molecular complexity index is 679. The molecule has 2 rings (SSSR count). The molecule has 1 aliphatic rings. The van der Waals surface area contributed by atoms with Crippen LogP contribution in [0.25, 0.3) is 0 Å². The Morgan fingerprint density at radius 2 is 1.96 bits per heavy atom. The van der Waals surface area contributed by atoms with Gasteiger partial charge in [-0.05, 0) is 24.3 Å². The van der Waals surface area contributed by atoms with E-state index >= 15 is 0 Å². The van der Waals surface area contributed by atoms with Crippen molar-refractivity contribution in [2.75, 3.05) is 20.1 Å². The summed E-state index contributed by atoms with van der Waals surface area (Å²) in [6, 6.07) is 8.19. The molecule has 0 bridgehead atoms. The monoisotopic (exact) mass is 389 g/mol. The first-order valence-corrected chi connectivity index (χ1v) is 9.85. The van der Waals surface area contributed by atoms with E-state index < -0.39 is 18.1 Å². The van der Waals surface area contributed by atoms with Crippen LogP contribution in [0.4, 0.5) is 0 Å². The molecule has 0 aromatic heterocycles. The molecule has 0 unspecified atom stereocenters. The van der Waals surface area contributed by atoms with Gasteiger partial charge in [0, 0.05) is 13.6 Å². The van der Waals surface area contributed by atoms with E-state index in [1.165, 1.54) is 4.90 Å². The fraction of sp³-hybridized carbons (Fsp3) is 0.571. The fourth-order valence-electron chi connectivity index (χ4n) is 3.29. The Kier molecular flexibility index (Phi) is 7.99. The van der Waals surface area contributed by atoms with Crippen LogP contribution in [0.2, 0.25) is 0 Å². The van der Waals surface area contributed by atoms with E-state index in [0.717, 1.165) is 18.4 Å². The molecular weight excluding hydrogens is 358 g/mol. The van der Waals surface area contributed by atoms with Crippen LogP contribution in [0.15, 0.2) is 30.3 Å². The molecule has 0 saturated carbocycles. The highest BCUT2D eigenvalue weighted by Gasteiger charge is 2.38. The molecule has 1 aromatic carbocycles. The van der Waals surface area contributed by atoms with Gasteiger partial charge in [-0.25, -0.2) is 0 Å². The highest BCUT2D eigenvalue weighted by molar-refractivity contribution is 5.91. The fourth-order valence-corrected chi connectivity index (χ4v) is 3.29. The van der Waals surface area contributed by atoms with Crippen LogP contribution < -0.4 is 5.73 Å². The van der Waals surface area contributed by atoms with Gasteiger partial charge in [0.15, 0.2) is 0 Å². The molecule has 0 radical (unpaired) electrons. The summed E-state index contributed by atoms with van der Waals surface area (Å²) in [5, 5.41) is 0. The topological polar surface area (TPSA) is 92.9 Å². The Balaban J connectivity index is 1.90. The first-order chi connectivity index (χ1) is 13.3. The number of benzene rings is 1. The van der Waals surface area contributed by atoms with E-state index in [9.17, 15) is 14.4 Å².